The minimum absolute atomic E-state index is 0.0124. The highest BCUT2D eigenvalue weighted by atomic mass is 16.2. The molecule has 0 spiro atoms. The molecule has 0 saturated carbocycles. The molecule has 0 unspecified atom stereocenters. The van der Waals surface area contributed by atoms with Crippen molar-refractivity contribution in [1.29, 1.82) is 0 Å². The summed E-state index contributed by atoms with van der Waals surface area (Å²) in [6.45, 7) is 3.25. The predicted molar refractivity (Wildman–Crippen MR) is 92.7 cm³/mol. The monoisotopic (exact) mass is 323 g/mol. The van der Waals surface area contributed by atoms with Crippen LogP contribution in [0.1, 0.15) is 17.7 Å². The van der Waals surface area contributed by atoms with E-state index in [-0.39, 0.29) is 18.4 Å². The summed E-state index contributed by atoms with van der Waals surface area (Å²) in [5, 5.41) is 0. The summed E-state index contributed by atoms with van der Waals surface area (Å²) in [4.78, 5) is 32.5. The van der Waals surface area contributed by atoms with E-state index in [0.717, 1.165) is 16.9 Å². The summed E-state index contributed by atoms with van der Waals surface area (Å²) < 4.78 is 0. The average Bonchev–Trinajstić information content (AvgIpc) is 2.61. The van der Waals surface area contributed by atoms with Crippen LogP contribution in [0.2, 0.25) is 0 Å². The summed E-state index contributed by atoms with van der Waals surface area (Å²) >= 11 is 0. The molecule has 0 bridgehead atoms. The second-order valence-electron chi connectivity index (χ2n) is 5.97. The molecule has 2 heterocycles. The van der Waals surface area contributed by atoms with Crippen LogP contribution in [0.15, 0.2) is 48.7 Å². The molecule has 1 fully saturated rings. The van der Waals surface area contributed by atoms with Gasteiger partial charge in [-0.15, -0.1) is 0 Å². The molecular weight excluding hydrogens is 302 g/mol. The third-order valence-corrected chi connectivity index (χ3v) is 4.30. The lowest BCUT2D eigenvalue weighted by atomic mass is 10.1. The third-order valence-electron chi connectivity index (χ3n) is 4.30. The maximum atomic E-state index is 12.5. The van der Waals surface area contributed by atoms with Crippen molar-refractivity contribution in [3.05, 3.63) is 59.9 Å². The molecule has 0 atom stereocenters. The molecule has 124 valence electrons. The summed E-state index contributed by atoms with van der Waals surface area (Å²) in [7, 11) is 0. The van der Waals surface area contributed by atoms with Crippen molar-refractivity contribution in [2.75, 3.05) is 24.5 Å². The first-order valence-electron chi connectivity index (χ1n) is 8.19. The van der Waals surface area contributed by atoms with E-state index < -0.39 is 0 Å². The quantitative estimate of drug-likeness (QED) is 0.867. The number of benzene rings is 1. The summed E-state index contributed by atoms with van der Waals surface area (Å²) in [6, 6.07) is 13.5. The number of piperazine rings is 1. The molecule has 0 aliphatic carbocycles. The molecular formula is C19H21N3O2. The summed E-state index contributed by atoms with van der Waals surface area (Å²) in [6.07, 6.45) is 2.71. The van der Waals surface area contributed by atoms with E-state index >= 15 is 0 Å². The molecule has 5 nitrogen and oxygen atoms in total. The van der Waals surface area contributed by atoms with Gasteiger partial charge in [0.15, 0.2) is 0 Å². The Morgan fingerprint density at radius 1 is 1.12 bits per heavy atom. The second-order valence-corrected chi connectivity index (χ2v) is 5.97. The topological polar surface area (TPSA) is 53.5 Å². The average molecular weight is 323 g/mol. The first-order chi connectivity index (χ1) is 11.6. The number of rotatable bonds is 4. The number of carbonyl (C=O) groups excluding carboxylic acids is 2. The van der Waals surface area contributed by atoms with Gasteiger partial charge in [0, 0.05) is 37.1 Å². The highest BCUT2D eigenvalue weighted by molar-refractivity contribution is 5.98. The van der Waals surface area contributed by atoms with Crippen molar-refractivity contribution >= 4 is 17.5 Å². The lowest BCUT2D eigenvalue weighted by molar-refractivity contribution is -0.136. The van der Waals surface area contributed by atoms with Crippen LogP contribution in [0.4, 0.5) is 5.69 Å². The van der Waals surface area contributed by atoms with Crippen LogP contribution >= 0.6 is 0 Å². The van der Waals surface area contributed by atoms with E-state index in [9.17, 15) is 9.59 Å². The zero-order chi connectivity index (χ0) is 16.9. The van der Waals surface area contributed by atoms with E-state index in [1.165, 1.54) is 0 Å². The fourth-order valence-corrected chi connectivity index (χ4v) is 2.95. The first kappa shape index (κ1) is 16.2. The number of hydrogen-bond donors (Lipinski definition) is 0. The van der Waals surface area contributed by atoms with E-state index in [2.05, 4.69) is 4.98 Å². The molecule has 3 rings (SSSR count). The van der Waals surface area contributed by atoms with Crippen LogP contribution in [-0.2, 0) is 16.0 Å². The second kappa shape index (κ2) is 7.25. The number of hydrogen-bond acceptors (Lipinski definition) is 3. The van der Waals surface area contributed by atoms with Gasteiger partial charge in [0.05, 0.1) is 0 Å². The maximum Gasteiger partial charge on any atom is 0.246 e. The van der Waals surface area contributed by atoms with Crippen LogP contribution in [0, 0.1) is 6.92 Å². The fourth-order valence-electron chi connectivity index (χ4n) is 2.95. The number of carbonyl (C=O) groups is 2. The normalized spacial score (nSPS) is 14.8. The first-order valence-corrected chi connectivity index (χ1v) is 8.19. The van der Waals surface area contributed by atoms with Gasteiger partial charge in [-0.3, -0.25) is 14.6 Å². The Morgan fingerprint density at radius 3 is 2.62 bits per heavy atom. The Morgan fingerprint density at radius 2 is 1.92 bits per heavy atom. The number of anilines is 1. The maximum absolute atomic E-state index is 12.5. The Labute approximate surface area is 141 Å². The molecule has 0 radical (unpaired) electrons. The van der Waals surface area contributed by atoms with Gasteiger partial charge in [-0.25, -0.2) is 0 Å². The van der Waals surface area contributed by atoms with Gasteiger partial charge in [0.25, 0.3) is 0 Å². The van der Waals surface area contributed by atoms with E-state index in [4.69, 9.17) is 0 Å². The number of para-hydroxylation sites is 1. The number of pyridine rings is 1. The molecule has 24 heavy (non-hydrogen) atoms. The number of amides is 2. The standard InChI is InChI=1S/C19H21N3O2/c1-15-6-2-3-8-17(15)22-13-12-21(14-19(22)24)18(23)10-9-16-7-4-5-11-20-16/h2-8,11H,9-10,12-14H2,1H3. The van der Waals surface area contributed by atoms with Crippen molar-refractivity contribution in [2.45, 2.75) is 19.8 Å². The van der Waals surface area contributed by atoms with Gasteiger partial charge < -0.3 is 9.80 Å². The Kier molecular flexibility index (Phi) is 4.89. The summed E-state index contributed by atoms with van der Waals surface area (Å²) in [5.41, 5.74) is 2.90. The molecule has 1 aromatic carbocycles. The third kappa shape index (κ3) is 3.62. The Hall–Kier alpha value is -2.69. The smallest absolute Gasteiger partial charge is 0.246 e. The molecule has 0 N–H and O–H groups in total. The van der Waals surface area contributed by atoms with E-state index in [0.29, 0.717) is 25.9 Å². The molecule has 1 aliphatic heterocycles. The van der Waals surface area contributed by atoms with Crippen LogP contribution in [0.3, 0.4) is 0 Å². The van der Waals surface area contributed by atoms with Gasteiger partial charge in [0.1, 0.15) is 6.54 Å². The molecule has 5 heteroatoms. The molecule has 1 saturated heterocycles. The van der Waals surface area contributed by atoms with Crippen LogP contribution < -0.4 is 4.90 Å². The molecule has 2 aromatic rings. The van der Waals surface area contributed by atoms with Crippen molar-refractivity contribution in [3.63, 3.8) is 0 Å². The van der Waals surface area contributed by atoms with Crippen molar-refractivity contribution in [3.8, 4) is 0 Å². The van der Waals surface area contributed by atoms with Crippen LogP contribution in [0.5, 0.6) is 0 Å². The van der Waals surface area contributed by atoms with Crippen molar-refractivity contribution in [2.24, 2.45) is 0 Å². The highest BCUT2D eigenvalue weighted by Crippen LogP contribution is 2.21. The van der Waals surface area contributed by atoms with E-state index in [1.54, 1.807) is 16.0 Å². The van der Waals surface area contributed by atoms with Crippen LogP contribution in [0.25, 0.3) is 0 Å². The highest BCUT2D eigenvalue weighted by Gasteiger charge is 2.28. The zero-order valence-corrected chi connectivity index (χ0v) is 13.8. The zero-order valence-electron chi connectivity index (χ0n) is 13.8. The molecule has 1 aliphatic rings. The lowest BCUT2D eigenvalue weighted by Gasteiger charge is -2.35. The van der Waals surface area contributed by atoms with Crippen molar-refractivity contribution in [1.82, 2.24) is 9.88 Å². The predicted octanol–water partition coefficient (Wildman–Crippen LogP) is 2.20. The van der Waals surface area contributed by atoms with Gasteiger partial charge in [-0.1, -0.05) is 24.3 Å². The number of aromatic nitrogens is 1. The van der Waals surface area contributed by atoms with Gasteiger partial charge >= 0.3 is 0 Å². The number of aryl methyl sites for hydroxylation is 2. The fraction of sp³-hybridized carbons (Fsp3) is 0.316. The van der Waals surface area contributed by atoms with Crippen molar-refractivity contribution < 1.29 is 9.59 Å². The number of nitrogens with zero attached hydrogens (tertiary/aromatic N) is 3. The Balaban J connectivity index is 1.58. The minimum Gasteiger partial charge on any atom is -0.332 e. The van der Waals surface area contributed by atoms with Gasteiger partial charge in [-0.2, -0.15) is 0 Å². The SMILES string of the molecule is Cc1ccccc1N1CCN(C(=O)CCc2ccccn2)CC1=O. The minimum atomic E-state index is -0.0262. The lowest BCUT2D eigenvalue weighted by Crippen LogP contribution is -2.52. The Bertz CT molecular complexity index is 730. The largest absolute Gasteiger partial charge is 0.332 e. The van der Waals surface area contributed by atoms with Gasteiger partial charge in [0.2, 0.25) is 11.8 Å². The van der Waals surface area contributed by atoms with Gasteiger partial charge in [-0.05, 0) is 37.1 Å². The van der Waals surface area contributed by atoms with E-state index in [1.807, 2.05) is 49.4 Å². The molecule has 1 aromatic heterocycles. The molecule has 2 amide bonds. The van der Waals surface area contributed by atoms with Crippen LogP contribution in [-0.4, -0.2) is 41.3 Å². The summed E-state index contributed by atoms with van der Waals surface area (Å²) in [5.74, 6) is -0.0137.